The van der Waals surface area contributed by atoms with E-state index in [0.717, 1.165) is 33.7 Å². The highest BCUT2D eigenvalue weighted by molar-refractivity contribution is 5.81. The number of hydrogen-bond acceptors (Lipinski definition) is 4. The highest BCUT2D eigenvalue weighted by Crippen LogP contribution is 2.33. The molecule has 0 N–H and O–H groups in total. The Balaban J connectivity index is 1.84. The van der Waals surface area contributed by atoms with E-state index in [9.17, 15) is 0 Å². The van der Waals surface area contributed by atoms with Gasteiger partial charge in [0.2, 0.25) is 5.89 Å². The molecule has 0 atom stereocenters. The van der Waals surface area contributed by atoms with Crippen molar-refractivity contribution in [3.05, 3.63) is 60.9 Å². The van der Waals surface area contributed by atoms with Crippen molar-refractivity contribution in [3.63, 3.8) is 0 Å². The van der Waals surface area contributed by atoms with Crippen molar-refractivity contribution in [2.75, 3.05) is 7.11 Å². The number of aromatic nitrogens is 1. The summed E-state index contributed by atoms with van der Waals surface area (Å²) in [6, 6.07) is 17.3. The third kappa shape index (κ3) is 2.05. The van der Waals surface area contributed by atoms with Crippen LogP contribution in [0.15, 0.2) is 69.7 Å². The molecular formula is C18H13NO3. The molecule has 0 aliphatic heterocycles. The SMILES string of the molecule is COc1ccccc1-c1nc2ccc(-c3ccco3)cc2o1. The first kappa shape index (κ1) is 12.7. The number of ether oxygens (including phenoxy) is 1. The summed E-state index contributed by atoms with van der Waals surface area (Å²) < 4.78 is 16.7. The number of hydrogen-bond donors (Lipinski definition) is 0. The lowest BCUT2D eigenvalue weighted by atomic mass is 10.1. The minimum atomic E-state index is 0.545. The molecule has 2 aromatic heterocycles. The molecule has 0 bridgehead atoms. The van der Waals surface area contributed by atoms with Crippen LogP contribution in [0.3, 0.4) is 0 Å². The van der Waals surface area contributed by atoms with Gasteiger partial charge in [0.25, 0.3) is 0 Å². The normalized spacial score (nSPS) is 11.0. The van der Waals surface area contributed by atoms with Crippen LogP contribution in [0, 0.1) is 0 Å². The summed E-state index contributed by atoms with van der Waals surface area (Å²) in [5, 5.41) is 0. The first-order valence-electron chi connectivity index (χ1n) is 6.93. The quantitative estimate of drug-likeness (QED) is 0.546. The van der Waals surface area contributed by atoms with Crippen molar-refractivity contribution in [1.82, 2.24) is 4.98 Å². The van der Waals surface area contributed by atoms with E-state index in [1.807, 2.05) is 54.6 Å². The predicted octanol–water partition coefficient (Wildman–Crippen LogP) is 4.76. The van der Waals surface area contributed by atoms with Gasteiger partial charge in [-0.3, -0.25) is 0 Å². The molecule has 0 saturated heterocycles. The standard InChI is InChI=1S/C18H13NO3/c1-20-16-6-3-2-5-13(16)18-19-14-9-8-12(11-17(14)22-18)15-7-4-10-21-15/h2-11H,1H3. The minimum Gasteiger partial charge on any atom is -0.496 e. The predicted molar refractivity (Wildman–Crippen MR) is 83.7 cm³/mol. The molecule has 0 aliphatic carbocycles. The minimum absolute atomic E-state index is 0.545. The third-order valence-corrected chi connectivity index (χ3v) is 3.53. The zero-order chi connectivity index (χ0) is 14.9. The Hall–Kier alpha value is -3.01. The van der Waals surface area contributed by atoms with Crippen LogP contribution in [0.2, 0.25) is 0 Å². The molecule has 0 saturated carbocycles. The van der Waals surface area contributed by atoms with Crippen LogP contribution in [-0.2, 0) is 0 Å². The van der Waals surface area contributed by atoms with Gasteiger partial charge in [-0.05, 0) is 42.5 Å². The maximum Gasteiger partial charge on any atom is 0.231 e. The van der Waals surface area contributed by atoms with Crippen LogP contribution < -0.4 is 4.74 Å². The van der Waals surface area contributed by atoms with Crippen molar-refractivity contribution < 1.29 is 13.6 Å². The van der Waals surface area contributed by atoms with E-state index in [4.69, 9.17) is 13.6 Å². The van der Waals surface area contributed by atoms with Gasteiger partial charge in [-0.15, -0.1) is 0 Å². The van der Waals surface area contributed by atoms with Crippen LogP contribution >= 0.6 is 0 Å². The molecule has 4 heteroatoms. The zero-order valence-electron chi connectivity index (χ0n) is 11.9. The fourth-order valence-corrected chi connectivity index (χ4v) is 2.46. The molecule has 4 nitrogen and oxygen atoms in total. The highest BCUT2D eigenvalue weighted by Gasteiger charge is 2.13. The van der Waals surface area contributed by atoms with Crippen LogP contribution in [0.25, 0.3) is 33.9 Å². The lowest BCUT2D eigenvalue weighted by molar-refractivity contribution is 0.414. The molecule has 0 amide bonds. The highest BCUT2D eigenvalue weighted by atomic mass is 16.5. The monoisotopic (exact) mass is 291 g/mol. The first-order chi connectivity index (χ1) is 10.8. The number of nitrogens with zero attached hydrogens (tertiary/aromatic N) is 1. The van der Waals surface area contributed by atoms with Gasteiger partial charge in [0.05, 0.1) is 18.9 Å². The summed E-state index contributed by atoms with van der Waals surface area (Å²) in [5.74, 6) is 2.08. The summed E-state index contributed by atoms with van der Waals surface area (Å²) in [6.07, 6.45) is 1.65. The Morgan fingerprint density at radius 1 is 1.00 bits per heavy atom. The molecule has 0 fully saturated rings. The van der Waals surface area contributed by atoms with E-state index in [1.54, 1.807) is 13.4 Å². The third-order valence-electron chi connectivity index (χ3n) is 3.53. The fraction of sp³-hybridized carbons (Fsp3) is 0.0556. The number of para-hydroxylation sites is 1. The molecule has 2 heterocycles. The number of furan rings is 1. The van der Waals surface area contributed by atoms with Crippen LogP contribution in [-0.4, -0.2) is 12.1 Å². The average molecular weight is 291 g/mol. The van der Waals surface area contributed by atoms with E-state index in [2.05, 4.69) is 4.98 Å². The number of rotatable bonds is 3. The second kappa shape index (κ2) is 5.07. The molecule has 0 radical (unpaired) electrons. The van der Waals surface area contributed by atoms with Crippen molar-refractivity contribution in [1.29, 1.82) is 0 Å². The van der Waals surface area contributed by atoms with E-state index in [-0.39, 0.29) is 0 Å². The first-order valence-corrected chi connectivity index (χ1v) is 6.93. The second-order valence-electron chi connectivity index (χ2n) is 4.88. The molecule has 108 valence electrons. The summed E-state index contributed by atoms with van der Waals surface area (Å²) in [4.78, 5) is 4.54. The lowest BCUT2D eigenvalue weighted by Crippen LogP contribution is -1.86. The topological polar surface area (TPSA) is 48.4 Å². The Morgan fingerprint density at radius 3 is 2.73 bits per heavy atom. The van der Waals surface area contributed by atoms with Gasteiger partial charge >= 0.3 is 0 Å². The summed E-state index contributed by atoms with van der Waals surface area (Å²) in [6.45, 7) is 0. The molecular weight excluding hydrogens is 278 g/mol. The molecule has 4 aromatic rings. The zero-order valence-corrected chi connectivity index (χ0v) is 11.9. The maximum atomic E-state index is 5.90. The van der Waals surface area contributed by atoms with Gasteiger partial charge < -0.3 is 13.6 Å². The maximum absolute atomic E-state index is 5.90. The number of oxazole rings is 1. The number of methoxy groups -OCH3 is 1. The van der Waals surface area contributed by atoms with Crippen molar-refractivity contribution in [3.8, 4) is 28.5 Å². The van der Waals surface area contributed by atoms with E-state index in [1.165, 1.54) is 0 Å². The van der Waals surface area contributed by atoms with Gasteiger partial charge in [0.15, 0.2) is 5.58 Å². The lowest BCUT2D eigenvalue weighted by Gasteiger charge is -2.03. The van der Waals surface area contributed by atoms with Gasteiger partial charge in [0.1, 0.15) is 17.0 Å². The molecule has 22 heavy (non-hydrogen) atoms. The van der Waals surface area contributed by atoms with Crippen LogP contribution in [0.1, 0.15) is 0 Å². The summed E-state index contributed by atoms with van der Waals surface area (Å²) >= 11 is 0. The van der Waals surface area contributed by atoms with E-state index in [0.29, 0.717) is 5.89 Å². The largest absolute Gasteiger partial charge is 0.496 e. The number of fused-ring (bicyclic) bond motifs is 1. The molecule has 0 unspecified atom stereocenters. The molecule has 4 rings (SSSR count). The van der Waals surface area contributed by atoms with Gasteiger partial charge in [-0.2, -0.15) is 0 Å². The summed E-state index contributed by atoms with van der Waals surface area (Å²) in [7, 11) is 1.64. The van der Waals surface area contributed by atoms with Gasteiger partial charge in [-0.1, -0.05) is 12.1 Å². The van der Waals surface area contributed by atoms with Crippen molar-refractivity contribution >= 4 is 11.1 Å². The smallest absolute Gasteiger partial charge is 0.231 e. The molecule has 2 aromatic carbocycles. The Morgan fingerprint density at radius 2 is 1.91 bits per heavy atom. The molecule has 0 aliphatic rings. The average Bonchev–Trinajstić information content (AvgIpc) is 3.23. The number of benzene rings is 2. The van der Waals surface area contributed by atoms with Crippen molar-refractivity contribution in [2.45, 2.75) is 0 Å². The second-order valence-corrected chi connectivity index (χ2v) is 4.88. The van der Waals surface area contributed by atoms with Gasteiger partial charge in [0, 0.05) is 5.56 Å². The summed E-state index contributed by atoms with van der Waals surface area (Å²) in [5.41, 5.74) is 3.31. The Kier molecular flexibility index (Phi) is 2.93. The van der Waals surface area contributed by atoms with E-state index >= 15 is 0 Å². The van der Waals surface area contributed by atoms with Crippen LogP contribution in [0.4, 0.5) is 0 Å². The Labute approximate surface area is 127 Å². The fourth-order valence-electron chi connectivity index (χ4n) is 2.46. The Bertz CT molecular complexity index is 923. The molecule has 0 spiro atoms. The van der Waals surface area contributed by atoms with E-state index < -0.39 is 0 Å². The van der Waals surface area contributed by atoms with Crippen LogP contribution in [0.5, 0.6) is 5.75 Å². The van der Waals surface area contributed by atoms with Crippen molar-refractivity contribution in [2.24, 2.45) is 0 Å². The van der Waals surface area contributed by atoms with Gasteiger partial charge in [-0.25, -0.2) is 4.98 Å².